The molecule has 0 aliphatic carbocycles. The maximum absolute atomic E-state index is 13.1. The van der Waals surface area contributed by atoms with Gasteiger partial charge in [-0.05, 0) is 62.3 Å². The van der Waals surface area contributed by atoms with Crippen LogP contribution in [-0.2, 0) is 9.59 Å². The van der Waals surface area contributed by atoms with Crippen LogP contribution in [0.1, 0.15) is 19.3 Å². The van der Waals surface area contributed by atoms with E-state index in [4.69, 9.17) is 4.74 Å². The smallest absolute Gasteiger partial charge is 0.229 e. The minimum Gasteiger partial charge on any atom is -0.490 e. The van der Waals surface area contributed by atoms with Crippen molar-refractivity contribution in [2.24, 2.45) is 5.92 Å². The number of hydrogen-bond acceptors (Lipinski definition) is 4. The van der Waals surface area contributed by atoms with Gasteiger partial charge in [0.15, 0.2) is 0 Å². The molecule has 4 rings (SSSR count). The number of ether oxygens (including phenoxy) is 1. The van der Waals surface area contributed by atoms with Gasteiger partial charge in [0.05, 0.1) is 11.6 Å². The van der Waals surface area contributed by atoms with E-state index in [1.165, 1.54) is 29.9 Å². The van der Waals surface area contributed by atoms with Crippen LogP contribution < -0.4 is 15.0 Å². The highest BCUT2D eigenvalue weighted by molar-refractivity contribution is 6.03. The van der Waals surface area contributed by atoms with E-state index in [2.05, 4.69) is 10.2 Å². The van der Waals surface area contributed by atoms with Gasteiger partial charge in [-0.1, -0.05) is 12.1 Å². The van der Waals surface area contributed by atoms with E-state index in [9.17, 15) is 14.0 Å². The van der Waals surface area contributed by atoms with Gasteiger partial charge in [0.2, 0.25) is 11.8 Å². The lowest BCUT2D eigenvalue weighted by molar-refractivity contribution is -0.122. The maximum Gasteiger partial charge on any atom is 0.229 e. The molecule has 7 heteroatoms. The van der Waals surface area contributed by atoms with Gasteiger partial charge in [-0.3, -0.25) is 14.5 Å². The molecule has 2 amide bonds. The zero-order valence-electron chi connectivity index (χ0n) is 16.9. The van der Waals surface area contributed by atoms with Gasteiger partial charge in [0.25, 0.3) is 0 Å². The third kappa shape index (κ3) is 4.79. The Morgan fingerprint density at radius 3 is 2.60 bits per heavy atom. The number of hydrogen-bond donors (Lipinski definition) is 1. The summed E-state index contributed by atoms with van der Waals surface area (Å²) >= 11 is 0. The zero-order chi connectivity index (χ0) is 20.9. The molecule has 2 aliphatic heterocycles. The molecule has 0 radical (unpaired) electrons. The molecule has 2 aromatic rings. The van der Waals surface area contributed by atoms with Gasteiger partial charge in [-0.2, -0.15) is 0 Å². The van der Waals surface area contributed by atoms with Crippen molar-refractivity contribution in [3.63, 3.8) is 0 Å². The first kappa shape index (κ1) is 20.3. The molecule has 1 N–H and O–H groups in total. The molecule has 1 unspecified atom stereocenters. The first-order valence-corrected chi connectivity index (χ1v) is 10.4. The number of likely N-dealkylation sites (tertiary alicyclic amines) is 1. The Bertz CT molecular complexity index is 897. The quantitative estimate of drug-likeness (QED) is 0.760. The molecule has 30 heavy (non-hydrogen) atoms. The van der Waals surface area contributed by atoms with E-state index in [1.54, 1.807) is 18.2 Å². The third-order valence-electron chi connectivity index (χ3n) is 5.64. The summed E-state index contributed by atoms with van der Waals surface area (Å²) in [5.41, 5.74) is 1.21. The highest BCUT2D eigenvalue weighted by Gasteiger charge is 2.35. The van der Waals surface area contributed by atoms with Gasteiger partial charge >= 0.3 is 0 Å². The van der Waals surface area contributed by atoms with Gasteiger partial charge in [0.1, 0.15) is 18.2 Å². The summed E-state index contributed by atoms with van der Waals surface area (Å²) in [5.74, 6) is -0.563. The molecule has 0 spiro atoms. The molecule has 0 bridgehead atoms. The molecule has 2 fully saturated rings. The Hall–Kier alpha value is -2.93. The molecule has 0 aromatic heterocycles. The second-order valence-corrected chi connectivity index (χ2v) is 7.76. The minimum absolute atomic E-state index is 0.126. The highest BCUT2D eigenvalue weighted by atomic mass is 19.1. The summed E-state index contributed by atoms with van der Waals surface area (Å²) in [6.45, 7) is 3.93. The van der Waals surface area contributed by atoms with Crippen molar-refractivity contribution >= 4 is 23.2 Å². The summed E-state index contributed by atoms with van der Waals surface area (Å²) in [7, 11) is 0. The van der Waals surface area contributed by atoms with Crippen LogP contribution in [-0.4, -0.2) is 49.5 Å². The molecule has 2 aliphatic rings. The molecular weight excluding hydrogens is 385 g/mol. The zero-order valence-corrected chi connectivity index (χ0v) is 16.9. The number of rotatable bonds is 7. The summed E-state index contributed by atoms with van der Waals surface area (Å²) in [4.78, 5) is 29.1. The number of nitrogens with zero attached hydrogens (tertiary/aromatic N) is 2. The lowest BCUT2D eigenvalue weighted by Crippen LogP contribution is -2.28. The molecule has 2 heterocycles. The Morgan fingerprint density at radius 2 is 1.83 bits per heavy atom. The van der Waals surface area contributed by atoms with Crippen molar-refractivity contribution in [3.8, 4) is 5.75 Å². The van der Waals surface area contributed by atoms with Crippen molar-refractivity contribution in [2.75, 3.05) is 43.0 Å². The summed E-state index contributed by atoms with van der Waals surface area (Å²) in [6.07, 6.45) is 2.60. The van der Waals surface area contributed by atoms with E-state index in [0.29, 0.717) is 23.7 Å². The van der Waals surface area contributed by atoms with Crippen LogP contribution in [0.4, 0.5) is 15.8 Å². The predicted molar refractivity (Wildman–Crippen MR) is 113 cm³/mol. The first-order valence-electron chi connectivity index (χ1n) is 10.4. The van der Waals surface area contributed by atoms with Crippen LogP contribution in [0.5, 0.6) is 5.75 Å². The molecule has 6 nitrogen and oxygen atoms in total. The number of nitrogens with one attached hydrogen (secondary N) is 1. The van der Waals surface area contributed by atoms with Gasteiger partial charge in [-0.25, -0.2) is 4.39 Å². The number of anilines is 2. The highest BCUT2D eigenvalue weighted by Crippen LogP contribution is 2.28. The van der Waals surface area contributed by atoms with E-state index < -0.39 is 5.92 Å². The number of benzene rings is 2. The van der Waals surface area contributed by atoms with Gasteiger partial charge in [0, 0.05) is 25.2 Å². The lowest BCUT2D eigenvalue weighted by Gasteiger charge is -2.18. The average molecular weight is 411 g/mol. The van der Waals surface area contributed by atoms with Crippen LogP contribution in [0.25, 0.3) is 0 Å². The topological polar surface area (TPSA) is 61.9 Å². The third-order valence-corrected chi connectivity index (χ3v) is 5.64. The molecule has 1 atom stereocenters. The number of para-hydroxylation sites is 2. The van der Waals surface area contributed by atoms with Crippen LogP contribution in [0.3, 0.4) is 0 Å². The standard InChI is InChI=1S/C23H26FN3O3/c24-18-7-9-19(10-8-18)27-16-17(15-22(27)28)23(29)25-20-5-1-2-6-21(20)30-14-13-26-11-3-4-12-26/h1-2,5-10,17H,3-4,11-16H2,(H,25,29). The fraction of sp³-hybridized carbons (Fsp3) is 0.391. The van der Waals surface area contributed by atoms with Gasteiger partial charge < -0.3 is 15.0 Å². The molecule has 2 saturated heterocycles. The monoisotopic (exact) mass is 411 g/mol. The van der Waals surface area contributed by atoms with Crippen molar-refractivity contribution < 1.29 is 18.7 Å². The SMILES string of the molecule is O=C(Nc1ccccc1OCCN1CCCC1)C1CC(=O)N(c2ccc(F)cc2)C1. The summed E-state index contributed by atoms with van der Waals surface area (Å²) < 4.78 is 19.1. The van der Waals surface area contributed by atoms with Crippen molar-refractivity contribution in [1.82, 2.24) is 4.90 Å². The summed E-state index contributed by atoms with van der Waals surface area (Å²) in [5, 5.41) is 2.92. The van der Waals surface area contributed by atoms with Crippen LogP contribution in [0.15, 0.2) is 48.5 Å². The molecule has 0 saturated carbocycles. The average Bonchev–Trinajstić information content (AvgIpc) is 3.40. The summed E-state index contributed by atoms with van der Waals surface area (Å²) in [6, 6.07) is 13.1. The molecular formula is C23H26FN3O3. The van der Waals surface area contributed by atoms with Crippen molar-refractivity contribution in [2.45, 2.75) is 19.3 Å². The predicted octanol–water partition coefficient (Wildman–Crippen LogP) is 3.29. The second-order valence-electron chi connectivity index (χ2n) is 7.76. The number of amides is 2. The van der Waals surface area contributed by atoms with E-state index in [0.717, 1.165) is 19.6 Å². The van der Waals surface area contributed by atoms with E-state index >= 15 is 0 Å². The van der Waals surface area contributed by atoms with E-state index in [1.807, 2.05) is 18.2 Å². The van der Waals surface area contributed by atoms with Crippen LogP contribution >= 0.6 is 0 Å². The lowest BCUT2D eigenvalue weighted by atomic mass is 10.1. The van der Waals surface area contributed by atoms with Gasteiger partial charge in [-0.15, -0.1) is 0 Å². The Kier molecular flexibility index (Phi) is 6.28. The number of carbonyl (C=O) groups is 2. The Balaban J connectivity index is 1.35. The number of carbonyl (C=O) groups excluding carboxylic acids is 2. The largest absolute Gasteiger partial charge is 0.490 e. The first-order chi connectivity index (χ1) is 14.6. The molecule has 2 aromatic carbocycles. The Morgan fingerprint density at radius 1 is 1.10 bits per heavy atom. The van der Waals surface area contributed by atoms with E-state index in [-0.39, 0.29) is 30.6 Å². The second kappa shape index (κ2) is 9.26. The fourth-order valence-corrected chi connectivity index (χ4v) is 3.98. The van der Waals surface area contributed by atoms with Crippen LogP contribution in [0.2, 0.25) is 0 Å². The molecule has 158 valence electrons. The minimum atomic E-state index is -0.472. The fourth-order valence-electron chi connectivity index (χ4n) is 3.98. The van der Waals surface area contributed by atoms with Crippen molar-refractivity contribution in [1.29, 1.82) is 0 Å². The normalized spacial score (nSPS) is 19.3. The van der Waals surface area contributed by atoms with Crippen LogP contribution in [0, 0.1) is 11.7 Å². The Labute approximate surface area is 175 Å². The van der Waals surface area contributed by atoms with Crippen molar-refractivity contribution in [3.05, 3.63) is 54.3 Å². The number of halogens is 1. The maximum atomic E-state index is 13.1.